The average Bonchev–Trinajstić information content (AvgIpc) is 3.26. The van der Waals surface area contributed by atoms with E-state index in [1.54, 1.807) is 31.4 Å². The molecule has 5 atom stereocenters. The molecule has 11 nitrogen and oxygen atoms in total. The first-order chi connectivity index (χ1) is 15.9. The normalized spacial score (nSPS) is 26.3. The summed E-state index contributed by atoms with van der Waals surface area (Å²) in [5, 5.41) is 24.6. The maximum Gasteiger partial charge on any atom is 0.307 e. The van der Waals surface area contributed by atoms with Crippen molar-refractivity contribution in [1.82, 2.24) is 16.2 Å². The second-order valence-electron chi connectivity index (χ2n) is 8.02. The largest absolute Gasteiger partial charge is 0.496 e. The van der Waals surface area contributed by atoms with Crippen molar-refractivity contribution in [2.75, 3.05) is 21.3 Å². The minimum absolute atomic E-state index is 0.0154. The minimum Gasteiger partial charge on any atom is -0.496 e. The third kappa shape index (κ3) is 4.17. The van der Waals surface area contributed by atoms with Gasteiger partial charge in [-0.05, 0) is 18.1 Å². The number of hydrogen-bond donors (Lipinski definition) is 4. The average molecular weight is 458 g/mol. The van der Waals surface area contributed by atoms with Crippen molar-refractivity contribution in [3.05, 3.63) is 57.6 Å². The summed E-state index contributed by atoms with van der Waals surface area (Å²) in [6, 6.07) is 9.01. The second-order valence-corrected chi connectivity index (χ2v) is 8.02. The third-order valence-corrected chi connectivity index (χ3v) is 6.39. The summed E-state index contributed by atoms with van der Waals surface area (Å²) < 4.78 is 16.3. The van der Waals surface area contributed by atoms with Crippen LogP contribution < -0.4 is 30.4 Å². The first-order valence-electron chi connectivity index (χ1n) is 10.4. The van der Waals surface area contributed by atoms with E-state index < -0.39 is 16.8 Å². The Morgan fingerprint density at radius 3 is 2.24 bits per heavy atom. The summed E-state index contributed by atoms with van der Waals surface area (Å²) in [5.74, 6) is -0.335. The predicted octanol–water partition coefficient (Wildman–Crippen LogP) is 2.15. The molecule has 176 valence electrons. The smallest absolute Gasteiger partial charge is 0.307 e. The van der Waals surface area contributed by atoms with Gasteiger partial charge in [0.25, 0.3) is 5.69 Å². The molecule has 4 rings (SSSR count). The van der Waals surface area contributed by atoms with Crippen molar-refractivity contribution in [2.24, 2.45) is 11.8 Å². The van der Waals surface area contributed by atoms with Gasteiger partial charge in [0.15, 0.2) is 11.5 Å². The highest BCUT2D eigenvalue weighted by molar-refractivity contribution is 5.71. The second kappa shape index (κ2) is 9.22. The number of carboxylic acid groups (broad SMARTS) is 1. The third-order valence-electron chi connectivity index (χ3n) is 6.39. The van der Waals surface area contributed by atoms with Crippen LogP contribution in [0, 0.1) is 22.0 Å². The van der Waals surface area contributed by atoms with E-state index in [2.05, 4.69) is 16.2 Å². The number of hydrogen-bond acceptors (Lipinski definition) is 9. The van der Waals surface area contributed by atoms with Crippen molar-refractivity contribution in [3.63, 3.8) is 0 Å². The molecular weight excluding hydrogens is 432 g/mol. The van der Waals surface area contributed by atoms with Crippen molar-refractivity contribution in [3.8, 4) is 17.2 Å². The van der Waals surface area contributed by atoms with Crippen LogP contribution in [0.4, 0.5) is 5.69 Å². The number of ether oxygens (including phenoxy) is 3. The number of hydrazine groups is 1. The molecule has 2 aromatic carbocycles. The van der Waals surface area contributed by atoms with Crippen LogP contribution >= 0.6 is 0 Å². The van der Waals surface area contributed by atoms with E-state index in [1.165, 1.54) is 26.4 Å². The summed E-state index contributed by atoms with van der Waals surface area (Å²) in [6.45, 7) is 0. The number of non-ortho nitro benzene ring substituents is 1. The molecular formula is C22H26N4O7. The maximum absolute atomic E-state index is 12.3. The van der Waals surface area contributed by atoms with Gasteiger partial charge in [-0.1, -0.05) is 12.1 Å². The lowest BCUT2D eigenvalue weighted by Crippen LogP contribution is -2.53. The molecule has 2 fully saturated rings. The van der Waals surface area contributed by atoms with Crippen LogP contribution in [0.1, 0.15) is 29.6 Å². The van der Waals surface area contributed by atoms with Gasteiger partial charge in [-0.25, -0.2) is 10.9 Å². The lowest BCUT2D eigenvalue weighted by molar-refractivity contribution is -0.384. The number of rotatable bonds is 7. The molecule has 2 aliphatic rings. The van der Waals surface area contributed by atoms with Gasteiger partial charge in [-0.3, -0.25) is 20.2 Å². The van der Waals surface area contributed by atoms with Gasteiger partial charge in [0.2, 0.25) is 0 Å². The predicted molar refractivity (Wildman–Crippen MR) is 117 cm³/mol. The van der Waals surface area contributed by atoms with Crippen molar-refractivity contribution in [1.29, 1.82) is 0 Å². The molecule has 0 bridgehead atoms. The highest BCUT2D eigenvalue weighted by atomic mass is 16.6. The molecule has 2 aliphatic heterocycles. The Morgan fingerprint density at radius 1 is 1.03 bits per heavy atom. The molecule has 2 saturated heterocycles. The fourth-order valence-electron chi connectivity index (χ4n) is 4.79. The number of aliphatic carboxylic acids is 1. The fourth-order valence-corrected chi connectivity index (χ4v) is 4.79. The summed E-state index contributed by atoms with van der Waals surface area (Å²) in [6.07, 6.45) is -0.0438. The Balaban J connectivity index is 1.65. The molecule has 5 unspecified atom stereocenters. The van der Waals surface area contributed by atoms with Gasteiger partial charge >= 0.3 is 5.97 Å². The van der Waals surface area contributed by atoms with E-state index in [4.69, 9.17) is 14.2 Å². The molecule has 0 aliphatic carbocycles. The summed E-state index contributed by atoms with van der Waals surface area (Å²) in [4.78, 5) is 22.8. The van der Waals surface area contributed by atoms with E-state index >= 15 is 0 Å². The SMILES string of the molecule is COc1cc(OC)c(C2CC(C(=O)O)C3C(NNC3c3ccc([N+](=O)[O-])cc3)N2)cc1OC. The van der Waals surface area contributed by atoms with Gasteiger partial charge in [-0.15, -0.1) is 0 Å². The van der Waals surface area contributed by atoms with E-state index in [0.717, 1.165) is 11.1 Å². The highest BCUT2D eigenvalue weighted by Gasteiger charge is 2.49. The van der Waals surface area contributed by atoms with E-state index in [9.17, 15) is 20.0 Å². The standard InChI is InChI=1S/C22H26N4O7/c1-31-16-10-18(33-3)17(32-2)9-13(16)15-8-14(22(27)28)19-20(24-25-21(19)23-15)11-4-6-12(7-5-11)26(29)30/h4-7,9-10,14-15,19-21,23-25H,8H2,1-3H3,(H,27,28). The monoisotopic (exact) mass is 458 g/mol. The number of nitrogens with zero attached hydrogens (tertiary/aromatic N) is 1. The molecule has 2 heterocycles. The fraction of sp³-hybridized carbons (Fsp3) is 0.409. The Hall–Kier alpha value is -3.41. The van der Waals surface area contributed by atoms with Crippen LogP contribution in [0.2, 0.25) is 0 Å². The van der Waals surface area contributed by atoms with Gasteiger partial charge in [0, 0.05) is 35.7 Å². The Morgan fingerprint density at radius 2 is 1.67 bits per heavy atom. The number of piperidine rings is 1. The number of nitrogens with one attached hydrogen (secondary N) is 3. The van der Waals surface area contributed by atoms with E-state index in [1.807, 2.05) is 0 Å². The van der Waals surface area contributed by atoms with Crippen LogP contribution in [0.5, 0.6) is 17.2 Å². The number of carbonyl (C=O) groups is 1. The molecule has 33 heavy (non-hydrogen) atoms. The summed E-state index contributed by atoms with van der Waals surface area (Å²) in [5.41, 5.74) is 7.85. The van der Waals surface area contributed by atoms with Crippen molar-refractivity contribution < 1.29 is 29.0 Å². The number of methoxy groups -OCH3 is 3. The van der Waals surface area contributed by atoms with Crippen molar-refractivity contribution in [2.45, 2.75) is 24.7 Å². The minimum atomic E-state index is -0.909. The molecule has 2 aromatic rings. The number of carboxylic acids is 1. The van der Waals surface area contributed by atoms with Gasteiger partial charge in [0.1, 0.15) is 5.75 Å². The van der Waals surface area contributed by atoms with Crippen LogP contribution in [-0.4, -0.2) is 43.5 Å². The lowest BCUT2D eigenvalue weighted by Gasteiger charge is -2.39. The summed E-state index contributed by atoms with van der Waals surface area (Å²) >= 11 is 0. The maximum atomic E-state index is 12.3. The van der Waals surface area contributed by atoms with Crippen LogP contribution in [0.3, 0.4) is 0 Å². The quantitative estimate of drug-likeness (QED) is 0.360. The highest BCUT2D eigenvalue weighted by Crippen LogP contribution is 2.46. The number of benzene rings is 2. The number of fused-ring (bicyclic) bond motifs is 1. The molecule has 4 N–H and O–H groups in total. The zero-order valence-corrected chi connectivity index (χ0v) is 18.4. The Kier molecular flexibility index (Phi) is 6.36. The molecule has 0 spiro atoms. The molecule has 0 amide bonds. The molecule has 0 aromatic heterocycles. The van der Waals surface area contributed by atoms with Gasteiger partial charge in [0.05, 0.1) is 44.4 Å². The molecule has 11 heteroatoms. The van der Waals surface area contributed by atoms with Crippen LogP contribution in [0.15, 0.2) is 36.4 Å². The van der Waals surface area contributed by atoms with E-state index in [-0.39, 0.29) is 29.9 Å². The molecule has 0 radical (unpaired) electrons. The molecule has 0 saturated carbocycles. The first-order valence-corrected chi connectivity index (χ1v) is 10.4. The lowest BCUT2D eigenvalue weighted by atomic mass is 9.74. The van der Waals surface area contributed by atoms with E-state index in [0.29, 0.717) is 23.7 Å². The van der Waals surface area contributed by atoms with Gasteiger partial charge in [-0.2, -0.15) is 0 Å². The zero-order chi connectivity index (χ0) is 23.7. The summed E-state index contributed by atoms with van der Waals surface area (Å²) in [7, 11) is 4.62. The Bertz CT molecular complexity index is 1050. The van der Waals surface area contributed by atoms with Crippen molar-refractivity contribution >= 4 is 11.7 Å². The first kappa shape index (κ1) is 22.8. The topological polar surface area (TPSA) is 144 Å². The van der Waals surface area contributed by atoms with Gasteiger partial charge < -0.3 is 19.3 Å². The zero-order valence-electron chi connectivity index (χ0n) is 18.4. The number of nitro groups is 1. The van der Waals surface area contributed by atoms with Crippen LogP contribution in [0.25, 0.3) is 0 Å². The van der Waals surface area contributed by atoms with Crippen LogP contribution in [-0.2, 0) is 4.79 Å². The Labute approximate surface area is 190 Å². The number of nitro benzene ring substituents is 1.